The number of rotatable bonds is 11. The highest BCUT2D eigenvalue weighted by molar-refractivity contribution is 7.90. The average molecular weight is 682 g/mol. The maximum absolute atomic E-state index is 14.0. The van der Waals surface area contributed by atoms with Gasteiger partial charge >= 0.3 is 0 Å². The quantitative estimate of drug-likeness (QED) is 0.273. The summed E-state index contributed by atoms with van der Waals surface area (Å²) >= 11 is 0. The molecule has 0 aromatic carbocycles. The van der Waals surface area contributed by atoms with Crippen LogP contribution in [0.25, 0.3) is 17.0 Å². The Balaban J connectivity index is 1.11. The second kappa shape index (κ2) is 13.5. The van der Waals surface area contributed by atoms with Crippen molar-refractivity contribution < 1.29 is 21.9 Å². The monoisotopic (exact) mass is 681 g/mol. The summed E-state index contributed by atoms with van der Waals surface area (Å²) in [6.07, 6.45) is 14.4. The molecule has 1 saturated heterocycles. The Morgan fingerprint density at radius 3 is 2.54 bits per heavy atom. The lowest BCUT2D eigenvalue weighted by Gasteiger charge is -2.35. The largest absolute Gasteiger partial charge is 0.489 e. The molecule has 48 heavy (non-hydrogen) atoms. The summed E-state index contributed by atoms with van der Waals surface area (Å²) < 4.78 is 59.2. The maximum atomic E-state index is 14.0. The van der Waals surface area contributed by atoms with Crippen molar-refractivity contribution in [2.24, 2.45) is 5.73 Å². The van der Waals surface area contributed by atoms with Gasteiger partial charge in [-0.3, -0.25) is 4.98 Å². The number of dihydropyridines is 1. The fourth-order valence-corrected chi connectivity index (χ4v) is 7.97. The van der Waals surface area contributed by atoms with E-state index in [1.165, 1.54) is 12.4 Å². The highest BCUT2D eigenvalue weighted by Crippen LogP contribution is 2.33. The van der Waals surface area contributed by atoms with Crippen LogP contribution in [0.3, 0.4) is 0 Å². The molecule has 5 heterocycles. The summed E-state index contributed by atoms with van der Waals surface area (Å²) in [5.41, 5.74) is 8.84. The number of nitrogens with two attached hydrogens (primary N) is 1. The zero-order valence-corrected chi connectivity index (χ0v) is 27.5. The molecule has 0 amide bonds. The molecule has 15 heteroatoms. The van der Waals surface area contributed by atoms with Crippen LogP contribution >= 0.6 is 0 Å². The minimum Gasteiger partial charge on any atom is -0.489 e. The summed E-state index contributed by atoms with van der Waals surface area (Å²) in [5.74, 6) is 0.961. The minimum absolute atomic E-state index is 0.0550. The van der Waals surface area contributed by atoms with E-state index in [0.717, 1.165) is 41.3 Å². The van der Waals surface area contributed by atoms with Gasteiger partial charge in [0.05, 0.1) is 40.8 Å². The first-order valence-electron chi connectivity index (χ1n) is 16.6. The van der Waals surface area contributed by atoms with Crippen LogP contribution < -0.4 is 21.1 Å². The molecule has 2 aliphatic carbocycles. The lowest BCUT2D eigenvalue weighted by atomic mass is 9.91. The van der Waals surface area contributed by atoms with Gasteiger partial charge in [-0.05, 0) is 75.6 Å². The number of pyridine rings is 1. The molecule has 0 bridgehead atoms. The third-order valence-corrected chi connectivity index (χ3v) is 11.5. The molecule has 4 aliphatic rings. The van der Waals surface area contributed by atoms with Crippen molar-refractivity contribution in [2.45, 2.75) is 80.6 Å². The van der Waals surface area contributed by atoms with Crippen LogP contribution in [0.1, 0.15) is 62.8 Å². The SMILES string of the molecule is NC1(c2ccnc(-c3cnn(S(=O)(=O)C4CC4)c3)n2)C=C(NC2CCC(F)CC2)C(c2ccc(OC3CCN(CCF)CC3)cn2)=CN1. The van der Waals surface area contributed by atoms with Gasteiger partial charge < -0.3 is 26.0 Å². The van der Waals surface area contributed by atoms with Crippen LogP contribution in [0, 0.1) is 0 Å². The van der Waals surface area contributed by atoms with Gasteiger partial charge in [0, 0.05) is 49.3 Å². The van der Waals surface area contributed by atoms with E-state index >= 15 is 0 Å². The number of likely N-dealkylation sites (tertiary alicyclic amines) is 1. The van der Waals surface area contributed by atoms with Crippen LogP contribution in [-0.4, -0.2) is 87.3 Å². The molecule has 1 unspecified atom stereocenters. The fourth-order valence-electron chi connectivity index (χ4n) is 6.49. The molecule has 4 N–H and O–H groups in total. The van der Waals surface area contributed by atoms with Gasteiger partial charge in [-0.1, -0.05) is 0 Å². The Bertz CT molecular complexity index is 1760. The first-order valence-corrected chi connectivity index (χ1v) is 18.2. The summed E-state index contributed by atoms with van der Waals surface area (Å²) in [7, 11) is -3.53. The lowest BCUT2D eigenvalue weighted by Crippen LogP contribution is -2.50. The van der Waals surface area contributed by atoms with E-state index in [-0.39, 0.29) is 18.8 Å². The van der Waals surface area contributed by atoms with Crippen LogP contribution in [-0.2, 0) is 15.7 Å². The number of nitrogens with zero attached hydrogens (tertiary/aromatic N) is 6. The van der Waals surface area contributed by atoms with E-state index in [1.54, 1.807) is 24.7 Å². The number of alkyl halides is 2. The second-order valence-electron chi connectivity index (χ2n) is 13.1. The first kappa shape index (κ1) is 32.6. The number of hydrogen-bond acceptors (Lipinski definition) is 11. The Morgan fingerprint density at radius 1 is 1.04 bits per heavy atom. The Hall–Kier alpha value is -3.95. The van der Waals surface area contributed by atoms with Gasteiger partial charge in [-0.15, -0.1) is 0 Å². The topological polar surface area (TPSA) is 153 Å². The van der Waals surface area contributed by atoms with Crippen molar-refractivity contribution >= 4 is 15.6 Å². The molecule has 0 spiro atoms. The fraction of sp³-hybridized carbons (Fsp3) is 0.515. The van der Waals surface area contributed by atoms with Crippen molar-refractivity contribution in [1.82, 2.24) is 39.7 Å². The van der Waals surface area contributed by atoms with Crippen LogP contribution in [0.2, 0.25) is 0 Å². The summed E-state index contributed by atoms with van der Waals surface area (Å²) in [5, 5.41) is 10.6. The summed E-state index contributed by atoms with van der Waals surface area (Å²) in [4.78, 5) is 15.9. The Morgan fingerprint density at radius 2 is 1.83 bits per heavy atom. The van der Waals surface area contributed by atoms with Crippen molar-refractivity contribution in [2.75, 3.05) is 26.3 Å². The van der Waals surface area contributed by atoms with E-state index in [1.807, 2.05) is 18.2 Å². The number of aromatic nitrogens is 5. The zero-order chi connectivity index (χ0) is 33.3. The average Bonchev–Trinajstić information content (AvgIpc) is 3.84. The molecule has 3 aromatic rings. The normalized spacial score (nSPS) is 25.6. The molecule has 3 fully saturated rings. The molecule has 3 aromatic heterocycles. The van der Waals surface area contributed by atoms with Gasteiger partial charge in [0.1, 0.15) is 24.7 Å². The van der Waals surface area contributed by atoms with Crippen molar-refractivity contribution in [3.8, 4) is 17.1 Å². The molecular formula is C33H41F2N9O3S. The molecular weight excluding hydrogens is 640 g/mol. The van der Waals surface area contributed by atoms with Gasteiger partial charge in [0.25, 0.3) is 10.0 Å². The maximum Gasteiger partial charge on any atom is 0.256 e. The van der Waals surface area contributed by atoms with Crippen molar-refractivity contribution in [1.29, 1.82) is 0 Å². The molecule has 12 nitrogen and oxygen atoms in total. The van der Waals surface area contributed by atoms with Crippen molar-refractivity contribution in [3.63, 3.8) is 0 Å². The summed E-state index contributed by atoms with van der Waals surface area (Å²) in [6, 6.07) is 5.55. The number of nitrogens with one attached hydrogen (secondary N) is 2. The number of piperidine rings is 1. The van der Waals surface area contributed by atoms with E-state index in [2.05, 4.69) is 25.6 Å². The third-order valence-electron chi connectivity index (χ3n) is 9.49. The second-order valence-corrected chi connectivity index (χ2v) is 15.1. The standard InChI is InChI=1S/C33H41F2N9O3S/c34-12-16-43-14-10-25(11-15-43)47-26-5-8-29(38-19-26)28-20-39-33(36,17-30(28)41-24-3-1-23(35)2-4-24)31-9-13-37-32(42-31)22-18-40-44(21-22)48(45,46)27-6-7-27/h5,8-9,13,17-21,23-25,27,39,41H,1-4,6-7,10-12,14-16,36H2. The predicted octanol–water partition coefficient (Wildman–Crippen LogP) is 3.40. The highest BCUT2D eigenvalue weighted by atomic mass is 32.2. The van der Waals surface area contributed by atoms with Crippen LogP contribution in [0.5, 0.6) is 5.75 Å². The number of halogens is 2. The number of hydrogen-bond donors (Lipinski definition) is 3. The zero-order valence-electron chi connectivity index (χ0n) is 26.6. The smallest absolute Gasteiger partial charge is 0.256 e. The minimum atomic E-state index is -3.53. The van der Waals surface area contributed by atoms with E-state index in [4.69, 9.17) is 20.4 Å². The summed E-state index contributed by atoms with van der Waals surface area (Å²) in [6.45, 7) is 1.75. The van der Waals surface area contributed by atoms with Crippen molar-refractivity contribution in [3.05, 3.63) is 72.3 Å². The van der Waals surface area contributed by atoms with E-state index in [0.29, 0.717) is 73.6 Å². The molecule has 0 radical (unpaired) electrons. The lowest BCUT2D eigenvalue weighted by molar-refractivity contribution is 0.0966. The molecule has 1 atom stereocenters. The predicted molar refractivity (Wildman–Crippen MR) is 176 cm³/mol. The number of ether oxygens (including phenoxy) is 1. The van der Waals surface area contributed by atoms with Gasteiger partial charge in [-0.25, -0.2) is 27.2 Å². The highest BCUT2D eigenvalue weighted by Gasteiger charge is 2.38. The van der Waals surface area contributed by atoms with Gasteiger partial charge in [-0.2, -0.15) is 9.19 Å². The molecule has 2 aliphatic heterocycles. The van der Waals surface area contributed by atoms with E-state index in [9.17, 15) is 17.2 Å². The number of allylic oxidation sites excluding steroid dienone is 1. The first-order chi connectivity index (χ1) is 23.2. The molecule has 7 rings (SSSR count). The third kappa shape index (κ3) is 7.08. The Labute approximate surface area is 278 Å². The van der Waals surface area contributed by atoms with Crippen LogP contribution in [0.4, 0.5) is 8.78 Å². The molecule has 2 saturated carbocycles. The van der Waals surface area contributed by atoms with Gasteiger partial charge in [0.15, 0.2) is 11.5 Å². The molecule has 256 valence electrons. The van der Waals surface area contributed by atoms with Gasteiger partial charge in [0.2, 0.25) is 0 Å². The Kier molecular flexibility index (Phi) is 9.18. The van der Waals surface area contributed by atoms with Crippen LogP contribution in [0.15, 0.2) is 61.0 Å². The van der Waals surface area contributed by atoms with E-state index < -0.39 is 27.1 Å².